The Morgan fingerprint density at radius 2 is 1.96 bits per heavy atom. The molecule has 0 aliphatic heterocycles. The lowest BCUT2D eigenvalue weighted by molar-refractivity contribution is 0.411. The van der Waals surface area contributed by atoms with Crippen molar-refractivity contribution >= 4 is 29.9 Å². The van der Waals surface area contributed by atoms with Crippen LogP contribution in [-0.2, 0) is 13.0 Å². The third-order valence-corrected chi connectivity index (χ3v) is 4.42. The first-order valence-electron chi connectivity index (χ1n) is 9.70. The number of aromatic nitrogens is 2. The predicted molar refractivity (Wildman–Crippen MR) is 127 cm³/mol. The van der Waals surface area contributed by atoms with Gasteiger partial charge in [-0.15, -0.1) is 24.0 Å². The Bertz CT molecular complexity index is 757. The van der Waals surface area contributed by atoms with E-state index in [1.54, 1.807) is 7.11 Å². The van der Waals surface area contributed by atoms with Crippen LogP contribution in [0.1, 0.15) is 35.9 Å². The van der Waals surface area contributed by atoms with Crippen LogP contribution in [0.5, 0.6) is 5.75 Å². The zero-order chi connectivity index (χ0) is 19.6. The molecule has 6 nitrogen and oxygen atoms in total. The normalized spacial score (nSPS) is 11.1. The maximum Gasteiger partial charge on any atom is 0.191 e. The van der Waals surface area contributed by atoms with Crippen molar-refractivity contribution < 1.29 is 4.74 Å². The topological polar surface area (TPSA) is 63.5 Å². The summed E-state index contributed by atoms with van der Waals surface area (Å²) in [5.74, 6) is 1.81. The minimum Gasteiger partial charge on any atom is -0.496 e. The molecule has 2 rings (SSSR count). The third-order valence-electron chi connectivity index (χ3n) is 4.42. The molecule has 0 fully saturated rings. The molecule has 0 unspecified atom stereocenters. The number of methoxy groups -OCH3 is 1. The second-order valence-corrected chi connectivity index (χ2v) is 6.75. The van der Waals surface area contributed by atoms with E-state index in [2.05, 4.69) is 70.4 Å². The van der Waals surface area contributed by atoms with E-state index in [4.69, 9.17) is 4.74 Å². The Hall–Kier alpha value is -1.77. The summed E-state index contributed by atoms with van der Waals surface area (Å²) < 4.78 is 7.45. The highest BCUT2D eigenvalue weighted by Gasteiger charge is 2.03. The number of nitrogens with one attached hydrogen (secondary N) is 2. The molecule has 0 amide bonds. The first kappa shape index (κ1) is 24.3. The lowest BCUT2D eigenvalue weighted by Crippen LogP contribution is -2.38. The number of benzene rings is 1. The zero-order valence-electron chi connectivity index (χ0n) is 17.7. The molecule has 0 aliphatic rings. The number of hydrogen-bond acceptors (Lipinski definition) is 3. The first-order chi connectivity index (χ1) is 13.0. The van der Waals surface area contributed by atoms with Crippen molar-refractivity contribution in [3.63, 3.8) is 0 Å². The first-order valence-corrected chi connectivity index (χ1v) is 9.70. The van der Waals surface area contributed by atoms with E-state index in [1.165, 1.54) is 11.3 Å². The van der Waals surface area contributed by atoms with Gasteiger partial charge in [0.15, 0.2) is 5.96 Å². The van der Waals surface area contributed by atoms with Crippen LogP contribution in [-0.4, -0.2) is 42.5 Å². The average molecular weight is 499 g/mol. The fourth-order valence-corrected chi connectivity index (χ4v) is 3.00. The minimum absolute atomic E-state index is 0. The molecule has 28 heavy (non-hydrogen) atoms. The largest absolute Gasteiger partial charge is 0.496 e. The van der Waals surface area contributed by atoms with E-state index in [9.17, 15) is 0 Å². The molecule has 1 aromatic carbocycles. The van der Waals surface area contributed by atoms with Crippen LogP contribution in [0.15, 0.2) is 29.3 Å². The SMILES string of the molecule is CCNC(=NCCCn1nc(C)cc1C)NCCc1ccc(C)c(OC)c1.I. The molecule has 1 heterocycles. The van der Waals surface area contributed by atoms with E-state index in [0.717, 1.165) is 62.0 Å². The van der Waals surface area contributed by atoms with Crippen molar-refractivity contribution in [2.24, 2.45) is 4.99 Å². The number of nitrogens with zero attached hydrogens (tertiary/aromatic N) is 3. The monoisotopic (exact) mass is 499 g/mol. The molecule has 0 spiro atoms. The van der Waals surface area contributed by atoms with E-state index < -0.39 is 0 Å². The summed E-state index contributed by atoms with van der Waals surface area (Å²) in [6, 6.07) is 8.47. The molecule has 156 valence electrons. The maximum absolute atomic E-state index is 5.40. The summed E-state index contributed by atoms with van der Waals surface area (Å²) in [5.41, 5.74) is 4.69. The summed E-state index contributed by atoms with van der Waals surface area (Å²) in [6.45, 7) is 11.6. The molecule has 0 saturated heterocycles. The second kappa shape index (κ2) is 12.6. The summed E-state index contributed by atoms with van der Waals surface area (Å²) in [4.78, 5) is 4.67. The Labute approximate surface area is 186 Å². The van der Waals surface area contributed by atoms with E-state index >= 15 is 0 Å². The average Bonchev–Trinajstić information content (AvgIpc) is 2.97. The number of hydrogen-bond donors (Lipinski definition) is 2. The van der Waals surface area contributed by atoms with Crippen molar-refractivity contribution in [1.29, 1.82) is 0 Å². The van der Waals surface area contributed by atoms with E-state index in [-0.39, 0.29) is 24.0 Å². The number of rotatable bonds is 9. The van der Waals surface area contributed by atoms with Crippen LogP contribution < -0.4 is 15.4 Å². The maximum atomic E-state index is 5.40. The highest BCUT2D eigenvalue weighted by Crippen LogP contribution is 2.18. The van der Waals surface area contributed by atoms with Crippen LogP contribution >= 0.6 is 24.0 Å². The zero-order valence-corrected chi connectivity index (χ0v) is 20.0. The van der Waals surface area contributed by atoms with E-state index in [0.29, 0.717) is 0 Å². The summed E-state index contributed by atoms with van der Waals surface area (Å²) in [7, 11) is 1.71. The molecule has 2 N–H and O–H groups in total. The van der Waals surface area contributed by atoms with Crippen LogP contribution in [0, 0.1) is 20.8 Å². The van der Waals surface area contributed by atoms with Gasteiger partial charge in [-0.2, -0.15) is 5.10 Å². The van der Waals surface area contributed by atoms with Crippen molar-refractivity contribution in [2.45, 2.75) is 47.1 Å². The van der Waals surface area contributed by atoms with Crippen LogP contribution in [0.25, 0.3) is 0 Å². The Morgan fingerprint density at radius 3 is 2.61 bits per heavy atom. The standard InChI is InChI=1S/C21H33N5O.HI/c1-6-22-21(23-11-7-13-26-18(4)14-17(3)25-26)24-12-10-19-9-8-16(2)20(15-19)27-5;/h8-9,14-15H,6-7,10-13H2,1-5H3,(H2,22,23,24);1H. The fraction of sp³-hybridized carbons (Fsp3) is 0.524. The molecule has 2 aromatic rings. The third kappa shape index (κ3) is 7.69. The number of aryl methyl sites for hydroxylation is 4. The predicted octanol–water partition coefficient (Wildman–Crippen LogP) is 3.62. The van der Waals surface area contributed by atoms with Gasteiger partial charge in [-0.1, -0.05) is 12.1 Å². The van der Waals surface area contributed by atoms with Crippen molar-refractivity contribution in [1.82, 2.24) is 20.4 Å². The summed E-state index contributed by atoms with van der Waals surface area (Å²) in [5, 5.41) is 11.2. The fourth-order valence-electron chi connectivity index (χ4n) is 3.00. The molecule has 0 atom stereocenters. The number of ether oxygens (including phenoxy) is 1. The Balaban J connectivity index is 0.00000392. The molecular weight excluding hydrogens is 465 g/mol. The van der Waals surface area contributed by atoms with Gasteiger partial charge in [-0.05, 0) is 63.8 Å². The lowest BCUT2D eigenvalue weighted by atomic mass is 10.1. The molecule has 0 bridgehead atoms. The number of guanidine groups is 1. The van der Waals surface area contributed by atoms with Gasteiger partial charge in [0.1, 0.15) is 5.75 Å². The smallest absolute Gasteiger partial charge is 0.191 e. The van der Waals surface area contributed by atoms with Gasteiger partial charge < -0.3 is 15.4 Å². The highest BCUT2D eigenvalue weighted by molar-refractivity contribution is 14.0. The molecule has 0 radical (unpaired) electrons. The highest BCUT2D eigenvalue weighted by atomic mass is 127. The molecule has 0 aliphatic carbocycles. The molecule has 7 heteroatoms. The molecular formula is C21H34IN5O. The lowest BCUT2D eigenvalue weighted by Gasteiger charge is -2.12. The molecule has 0 saturated carbocycles. The van der Waals surface area contributed by atoms with Crippen molar-refractivity contribution in [2.75, 3.05) is 26.7 Å². The van der Waals surface area contributed by atoms with Gasteiger partial charge in [-0.25, -0.2) is 0 Å². The van der Waals surface area contributed by atoms with Gasteiger partial charge in [0.25, 0.3) is 0 Å². The van der Waals surface area contributed by atoms with Gasteiger partial charge in [0.2, 0.25) is 0 Å². The van der Waals surface area contributed by atoms with E-state index in [1.807, 2.05) is 6.92 Å². The Kier molecular flexibility index (Phi) is 11.0. The summed E-state index contributed by atoms with van der Waals surface area (Å²) >= 11 is 0. The second-order valence-electron chi connectivity index (χ2n) is 6.75. The number of aliphatic imine (C=N–C) groups is 1. The van der Waals surface area contributed by atoms with Crippen LogP contribution in [0.4, 0.5) is 0 Å². The van der Waals surface area contributed by atoms with Gasteiger partial charge in [0.05, 0.1) is 12.8 Å². The van der Waals surface area contributed by atoms with Gasteiger partial charge in [-0.3, -0.25) is 9.67 Å². The number of halogens is 1. The van der Waals surface area contributed by atoms with Gasteiger partial charge in [0, 0.05) is 31.9 Å². The van der Waals surface area contributed by atoms with Crippen molar-refractivity contribution in [3.8, 4) is 5.75 Å². The van der Waals surface area contributed by atoms with Crippen LogP contribution in [0.3, 0.4) is 0 Å². The summed E-state index contributed by atoms with van der Waals surface area (Å²) in [6.07, 6.45) is 1.89. The van der Waals surface area contributed by atoms with Gasteiger partial charge >= 0.3 is 0 Å². The van der Waals surface area contributed by atoms with Crippen molar-refractivity contribution in [3.05, 3.63) is 46.8 Å². The molecule has 1 aromatic heterocycles. The minimum atomic E-state index is 0. The Morgan fingerprint density at radius 1 is 1.18 bits per heavy atom. The quantitative estimate of drug-likeness (QED) is 0.240. The van der Waals surface area contributed by atoms with Crippen LogP contribution in [0.2, 0.25) is 0 Å².